The maximum absolute atomic E-state index is 12.2. The summed E-state index contributed by atoms with van der Waals surface area (Å²) in [5.41, 5.74) is 0. The van der Waals surface area contributed by atoms with E-state index in [0.717, 1.165) is 24.5 Å². The van der Waals surface area contributed by atoms with Crippen molar-refractivity contribution in [2.24, 2.45) is 0 Å². The quantitative estimate of drug-likeness (QED) is 0.778. The molecule has 4 nitrogen and oxygen atoms in total. The monoisotopic (exact) mass is 346 g/mol. The third kappa shape index (κ3) is 5.30. The van der Waals surface area contributed by atoms with Crippen LogP contribution in [0.3, 0.4) is 0 Å². The second-order valence-electron chi connectivity index (χ2n) is 5.49. The standard InChI is InChI=1S/C12H21F3N2O2S2/c13-12(14,15)3-9-21(18,19)17-5-1-4-16(6-7-17)11-2-8-20-10-11/h11H,1-10H2. The Hall–Kier alpha value is 0.01000. The molecule has 0 aliphatic carbocycles. The average Bonchev–Trinajstić information content (AvgIpc) is 2.80. The molecule has 0 aromatic rings. The van der Waals surface area contributed by atoms with Crippen LogP contribution in [0.5, 0.6) is 0 Å². The Labute approximate surface area is 128 Å². The lowest BCUT2D eigenvalue weighted by atomic mass is 10.2. The Kier molecular flexibility index (Phi) is 5.84. The van der Waals surface area contributed by atoms with Gasteiger partial charge in [0, 0.05) is 31.4 Å². The van der Waals surface area contributed by atoms with Crippen LogP contribution < -0.4 is 0 Å². The van der Waals surface area contributed by atoms with E-state index >= 15 is 0 Å². The van der Waals surface area contributed by atoms with Crippen molar-refractivity contribution >= 4 is 21.8 Å². The second-order valence-corrected chi connectivity index (χ2v) is 8.73. The molecule has 2 aliphatic heterocycles. The molecule has 124 valence electrons. The fraction of sp³-hybridized carbons (Fsp3) is 1.00. The first-order valence-corrected chi connectivity index (χ1v) is 9.91. The lowest BCUT2D eigenvalue weighted by molar-refractivity contribution is -0.130. The molecule has 0 bridgehead atoms. The maximum atomic E-state index is 12.2. The van der Waals surface area contributed by atoms with Crippen LogP contribution in [-0.2, 0) is 10.0 Å². The Morgan fingerprint density at radius 1 is 1.14 bits per heavy atom. The van der Waals surface area contributed by atoms with Crippen LogP contribution in [0.15, 0.2) is 0 Å². The number of hydrogen-bond donors (Lipinski definition) is 0. The van der Waals surface area contributed by atoms with E-state index in [0.29, 0.717) is 32.1 Å². The molecule has 0 radical (unpaired) electrons. The normalized spacial score (nSPS) is 26.9. The van der Waals surface area contributed by atoms with E-state index in [1.807, 2.05) is 11.8 Å². The molecular formula is C12H21F3N2O2S2. The van der Waals surface area contributed by atoms with Crippen LogP contribution in [0.2, 0.25) is 0 Å². The van der Waals surface area contributed by atoms with Gasteiger partial charge in [-0.1, -0.05) is 0 Å². The molecule has 2 fully saturated rings. The summed E-state index contributed by atoms with van der Waals surface area (Å²) in [7, 11) is -3.81. The van der Waals surface area contributed by atoms with E-state index in [4.69, 9.17) is 0 Å². The number of nitrogens with zero attached hydrogens (tertiary/aromatic N) is 2. The summed E-state index contributed by atoms with van der Waals surface area (Å²) < 4.78 is 61.9. The van der Waals surface area contributed by atoms with Gasteiger partial charge in [-0.25, -0.2) is 12.7 Å². The van der Waals surface area contributed by atoms with Gasteiger partial charge in [0.15, 0.2) is 0 Å². The molecule has 1 atom stereocenters. The first-order valence-electron chi connectivity index (χ1n) is 7.14. The van der Waals surface area contributed by atoms with Crippen molar-refractivity contribution in [2.45, 2.75) is 31.5 Å². The van der Waals surface area contributed by atoms with Gasteiger partial charge in [-0.05, 0) is 25.1 Å². The van der Waals surface area contributed by atoms with Crippen molar-refractivity contribution in [3.63, 3.8) is 0 Å². The summed E-state index contributed by atoms with van der Waals surface area (Å²) in [4.78, 5) is 2.29. The van der Waals surface area contributed by atoms with E-state index in [9.17, 15) is 21.6 Å². The molecule has 0 amide bonds. The highest BCUT2D eigenvalue weighted by atomic mass is 32.2. The predicted molar refractivity (Wildman–Crippen MR) is 78.0 cm³/mol. The third-order valence-electron chi connectivity index (χ3n) is 3.95. The summed E-state index contributed by atoms with van der Waals surface area (Å²) in [5.74, 6) is 1.37. The Morgan fingerprint density at radius 2 is 1.90 bits per heavy atom. The van der Waals surface area contributed by atoms with Crippen LogP contribution in [0.1, 0.15) is 19.3 Å². The van der Waals surface area contributed by atoms with E-state index in [-0.39, 0.29) is 0 Å². The fourth-order valence-corrected chi connectivity index (χ4v) is 5.51. The second kappa shape index (κ2) is 7.06. The zero-order chi connectivity index (χ0) is 15.5. The van der Waals surface area contributed by atoms with Gasteiger partial charge in [0.25, 0.3) is 0 Å². The molecular weight excluding hydrogens is 325 g/mol. The van der Waals surface area contributed by atoms with Crippen LogP contribution >= 0.6 is 11.8 Å². The Morgan fingerprint density at radius 3 is 2.52 bits per heavy atom. The lowest BCUT2D eigenvalue weighted by Gasteiger charge is -2.26. The fourth-order valence-electron chi connectivity index (χ4n) is 2.74. The molecule has 0 N–H and O–H groups in total. The molecule has 21 heavy (non-hydrogen) atoms. The van der Waals surface area contributed by atoms with Gasteiger partial charge in [0.1, 0.15) is 0 Å². The minimum absolute atomic E-state index is 0.307. The molecule has 2 aliphatic rings. The van der Waals surface area contributed by atoms with Crippen LogP contribution in [0.25, 0.3) is 0 Å². The van der Waals surface area contributed by atoms with Crippen molar-refractivity contribution in [3.05, 3.63) is 0 Å². The largest absolute Gasteiger partial charge is 0.390 e. The Bertz CT molecular complexity index is 436. The highest BCUT2D eigenvalue weighted by Gasteiger charge is 2.34. The number of rotatable bonds is 4. The zero-order valence-electron chi connectivity index (χ0n) is 11.8. The smallest absolute Gasteiger partial charge is 0.298 e. The molecule has 0 saturated carbocycles. The van der Waals surface area contributed by atoms with Gasteiger partial charge < -0.3 is 0 Å². The zero-order valence-corrected chi connectivity index (χ0v) is 13.4. The van der Waals surface area contributed by atoms with E-state index < -0.39 is 28.4 Å². The SMILES string of the molecule is O=S(=O)(CCC(F)(F)F)N1CCCN(C2CCSC2)CC1. The first-order chi connectivity index (χ1) is 9.78. The molecule has 0 aromatic carbocycles. The van der Waals surface area contributed by atoms with E-state index in [2.05, 4.69) is 4.90 Å². The van der Waals surface area contributed by atoms with Gasteiger partial charge in [0.2, 0.25) is 10.0 Å². The summed E-state index contributed by atoms with van der Waals surface area (Å²) in [6, 6.07) is 0.493. The molecule has 0 aromatic heterocycles. The first kappa shape index (κ1) is 17.4. The number of hydrogen-bond acceptors (Lipinski definition) is 4. The summed E-state index contributed by atoms with van der Waals surface area (Å²) in [6.07, 6.45) is -3.89. The van der Waals surface area contributed by atoms with Gasteiger partial charge in [0.05, 0.1) is 12.2 Å². The molecule has 2 heterocycles. The summed E-state index contributed by atoms with van der Waals surface area (Å²) in [6.45, 7) is 2.09. The van der Waals surface area contributed by atoms with Crippen molar-refractivity contribution in [1.82, 2.24) is 9.21 Å². The van der Waals surface area contributed by atoms with Crippen LogP contribution in [0, 0.1) is 0 Å². The number of halogens is 3. The van der Waals surface area contributed by atoms with Crippen LogP contribution in [0.4, 0.5) is 13.2 Å². The third-order valence-corrected chi connectivity index (χ3v) is 6.97. The van der Waals surface area contributed by atoms with E-state index in [1.165, 1.54) is 4.31 Å². The van der Waals surface area contributed by atoms with Gasteiger partial charge in [-0.15, -0.1) is 0 Å². The molecule has 1 unspecified atom stereocenters. The van der Waals surface area contributed by atoms with Gasteiger partial charge in [-0.2, -0.15) is 24.9 Å². The molecule has 2 rings (SSSR count). The summed E-state index contributed by atoms with van der Waals surface area (Å²) in [5, 5.41) is 0. The Balaban J connectivity index is 1.89. The van der Waals surface area contributed by atoms with Gasteiger partial charge >= 0.3 is 6.18 Å². The summed E-state index contributed by atoms with van der Waals surface area (Å²) >= 11 is 1.90. The maximum Gasteiger partial charge on any atom is 0.390 e. The van der Waals surface area contributed by atoms with Crippen LogP contribution in [-0.4, -0.2) is 73.3 Å². The minimum Gasteiger partial charge on any atom is -0.298 e. The number of alkyl halides is 3. The van der Waals surface area contributed by atoms with Crippen molar-refractivity contribution in [2.75, 3.05) is 43.4 Å². The van der Waals surface area contributed by atoms with Crippen molar-refractivity contribution in [3.8, 4) is 0 Å². The average molecular weight is 346 g/mol. The lowest BCUT2D eigenvalue weighted by Crippen LogP contribution is -2.40. The predicted octanol–water partition coefficient (Wildman–Crippen LogP) is 1.78. The topological polar surface area (TPSA) is 40.6 Å². The molecule has 2 saturated heterocycles. The molecule has 0 spiro atoms. The van der Waals surface area contributed by atoms with Crippen molar-refractivity contribution < 1.29 is 21.6 Å². The highest BCUT2D eigenvalue weighted by Crippen LogP contribution is 2.25. The van der Waals surface area contributed by atoms with E-state index in [1.54, 1.807) is 0 Å². The van der Waals surface area contributed by atoms with Gasteiger partial charge in [-0.3, -0.25) is 4.90 Å². The van der Waals surface area contributed by atoms with Crippen molar-refractivity contribution in [1.29, 1.82) is 0 Å². The highest BCUT2D eigenvalue weighted by molar-refractivity contribution is 7.99. The minimum atomic E-state index is -4.42. The number of sulfonamides is 1. The molecule has 9 heteroatoms. The number of thioether (sulfide) groups is 1.